The number of sulfonamides is 1. The Balaban J connectivity index is 1.66. The van der Waals surface area contributed by atoms with Crippen LogP contribution in [0.4, 0.5) is 5.69 Å². The van der Waals surface area contributed by atoms with Gasteiger partial charge >= 0.3 is 5.97 Å². The minimum Gasteiger partial charge on any atom is -0.452 e. The van der Waals surface area contributed by atoms with E-state index in [9.17, 15) is 18.0 Å². The molecule has 1 heterocycles. The molecule has 168 valence electrons. The molecule has 0 fully saturated rings. The van der Waals surface area contributed by atoms with Gasteiger partial charge in [0.05, 0.1) is 22.8 Å². The van der Waals surface area contributed by atoms with Crippen molar-refractivity contribution in [2.45, 2.75) is 25.3 Å². The third-order valence-electron chi connectivity index (χ3n) is 4.64. The minimum atomic E-state index is -3.91. The van der Waals surface area contributed by atoms with Gasteiger partial charge in [-0.05, 0) is 43.7 Å². The first-order valence-corrected chi connectivity index (χ1v) is 11.4. The SMILES string of the molecule is Cc1nn(Cc2ccccc2Cl)c(C)c1C(=O)OCC(=O)Nc1cccc(S(N)(=O)=O)c1. The van der Waals surface area contributed by atoms with Crippen molar-refractivity contribution in [3.63, 3.8) is 0 Å². The van der Waals surface area contributed by atoms with Gasteiger partial charge in [-0.1, -0.05) is 35.9 Å². The van der Waals surface area contributed by atoms with Crippen LogP contribution in [0.5, 0.6) is 0 Å². The number of aryl methyl sites for hydroxylation is 1. The summed E-state index contributed by atoms with van der Waals surface area (Å²) in [5, 5.41) is 12.5. The Morgan fingerprint density at radius 1 is 1.16 bits per heavy atom. The smallest absolute Gasteiger partial charge is 0.342 e. The van der Waals surface area contributed by atoms with Crippen molar-refractivity contribution >= 4 is 39.2 Å². The van der Waals surface area contributed by atoms with Crippen LogP contribution in [0.15, 0.2) is 53.4 Å². The van der Waals surface area contributed by atoms with Gasteiger partial charge in [-0.25, -0.2) is 18.4 Å². The molecule has 11 heteroatoms. The lowest BCUT2D eigenvalue weighted by molar-refractivity contribution is -0.119. The first kappa shape index (κ1) is 23.5. The molecule has 0 unspecified atom stereocenters. The molecule has 0 bridgehead atoms. The second-order valence-corrected chi connectivity index (χ2v) is 8.96. The van der Waals surface area contributed by atoms with Gasteiger partial charge in [0.2, 0.25) is 10.0 Å². The average molecular weight is 477 g/mol. The highest BCUT2D eigenvalue weighted by atomic mass is 35.5. The molecule has 0 saturated carbocycles. The van der Waals surface area contributed by atoms with Crippen LogP contribution in [0, 0.1) is 13.8 Å². The fraction of sp³-hybridized carbons (Fsp3) is 0.190. The summed E-state index contributed by atoms with van der Waals surface area (Å²) >= 11 is 6.20. The molecule has 32 heavy (non-hydrogen) atoms. The number of hydrogen-bond donors (Lipinski definition) is 2. The second kappa shape index (κ2) is 9.51. The number of carbonyl (C=O) groups excluding carboxylic acids is 2. The molecule has 1 amide bonds. The summed E-state index contributed by atoms with van der Waals surface area (Å²) in [5.41, 5.74) is 2.36. The van der Waals surface area contributed by atoms with E-state index in [0.717, 1.165) is 5.56 Å². The monoisotopic (exact) mass is 476 g/mol. The minimum absolute atomic E-state index is 0.149. The van der Waals surface area contributed by atoms with Crippen molar-refractivity contribution in [1.82, 2.24) is 9.78 Å². The van der Waals surface area contributed by atoms with E-state index in [1.54, 1.807) is 24.6 Å². The highest BCUT2D eigenvalue weighted by Gasteiger charge is 2.21. The summed E-state index contributed by atoms with van der Waals surface area (Å²) in [5.74, 6) is -1.33. The largest absolute Gasteiger partial charge is 0.452 e. The van der Waals surface area contributed by atoms with Crippen molar-refractivity contribution in [1.29, 1.82) is 0 Å². The molecule has 0 aliphatic rings. The number of nitrogens with two attached hydrogens (primary N) is 1. The topological polar surface area (TPSA) is 133 Å². The number of carbonyl (C=O) groups is 2. The quantitative estimate of drug-likeness (QED) is 0.503. The Morgan fingerprint density at radius 2 is 1.88 bits per heavy atom. The van der Waals surface area contributed by atoms with E-state index >= 15 is 0 Å². The molecule has 9 nitrogen and oxygen atoms in total. The fourth-order valence-corrected chi connectivity index (χ4v) is 3.84. The van der Waals surface area contributed by atoms with Crippen LogP contribution < -0.4 is 10.5 Å². The molecule has 0 spiro atoms. The molecule has 3 rings (SSSR count). The van der Waals surface area contributed by atoms with Crippen molar-refractivity contribution in [2.24, 2.45) is 5.14 Å². The van der Waals surface area contributed by atoms with Crippen molar-refractivity contribution in [3.8, 4) is 0 Å². The van der Waals surface area contributed by atoms with Gasteiger partial charge in [0.1, 0.15) is 5.56 Å². The lowest BCUT2D eigenvalue weighted by atomic mass is 10.2. The number of nitrogens with one attached hydrogen (secondary N) is 1. The highest BCUT2D eigenvalue weighted by molar-refractivity contribution is 7.89. The Labute approximate surface area is 190 Å². The maximum absolute atomic E-state index is 12.6. The molecule has 0 saturated heterocycles. The van der Waals surface area contributed by atoms with Gasteiger partial charge in [-0.15, -0.1) is 0 Å². The van der Waals surface area contributed by atoms with Crippen molar-refractivity contribution in [2.75, 3.05) is 11.9 Å². The van der Waals surface area contributed by atoms with Crippen LogP contribution >= 0.6 is 11.6 Å². The van der Waals surface area contributed by atoms with E-state index in [2.05, 4.69) is 10.4 Å². The third kappa shape index (κ3) is 5.52. The molecule has 1 aromatic heterocycles. The standard InChI is InChI=1S/C21H21ClN4O5S/c1-13-20(14(2)26(25-13)11-15-6-3-4-9-18(15)22)21(28)31-12-19(27)24-16-7-5-8-17(10-16)32(23,29)30/h3-10H,11-12H2,1-2H3,(H,24,27)(H2,23,29,30). The molecular weight excluding hydrogens is 456 g/mol. The van der Waals surface area contributed by atoms with Crippen LogP contribution in [-0.4, -0.2) is 36.7 Å². The van der Waals surface area contributed by atoms with Crippen LogP contribution in [-0.2, 0) is 26.1 Å². The van der Waals surface area contributed by atoms with Crippen molar-refractivity contribution in [3.05, 3.63) is 76.1 Å². The Kier molecular flexibility index (Phi) is 6.97. The number of benzene rings is 2. The van der Waals surface area contributed by atoms with E-state index in [1.165, 1.54) is 24.3 Å². The van der Waals surface area contributed by atoms with Crippen LogP contribution in [0.25, 0.3) is 0 Å². The number of ether oxygens (including phenoxy) is 1. The summed E-state index contributed by atoms with van der Waals surface area (Å²) in [6, 6.07) is 12.8. The first-order chi connectivity index (χ1) is 15.1. The maximum Gasteiger partial charge on any atom is 0.342 e. The Morgan fingerprint density at radius 3 is 2.56 bits per heavy atom. The normalized spacial score (nSPS) is 11.2. The molecular formula is C21H21ClN4O5S. The third-order valence-corrected chi connectivity index (χ3v) is 5.92. The zero-order valence-corrected chi connectivity index (χ0v) is 18.9. The number of esters is 1. The lowest BCUT2D eigenvalue weighted by Gasteiger charge is -2.09. The Hall–Kier alpha value is -3.21. The van der Waals surface area contributed by atoms with Crippen LogP contribution in [0.2, 0.25) is 5.02 Å². The number of halogens is 1. The lowest BCUT2D eigenvalue weighted by Crippen LogP contribution is -2.22. The van der Waals surface area contributed by atoms with Gasteiger partial charge in [0.25, 0.3) is 5.91 Å². The predicted octanol–water partition coefficient (Wildman–Crippen LogP) is 2.64. The summed E-state index contributed by atoms with van der Waals surface area (Å²) in [6.45, 7) is 3.21. The van der Waals surface area contributed by atoms with E-state index in [-0.39, 0.29) is 16.1 Å². The summed E-state index contributed by atoms with van der Waals surface area (Å²) in [7, 11) is -3.91. The fourth-order valence-electron chi connectivity index (χ4n) is 3.09. The first-order valence-electron chi connectivity index (χ1n) is 9.43. The number of aromatic nitrogens is 2. The van der Waals surface area contributed by atoms with Crippen molar-refractivity contribution < 1.29 is 22.7 Å². The van der Waals surface area contributed by atoms with E-state index in [0.29, 0.717) is 23.0 Å². The Bertz CT molecular complexity index is 1290. The molecule has 0 aliphatic carbocycles. The molecule has 0 atom stereocenters. The van der Waals surface area contributed by atoms with Gasteiger partial charge in [0.15, 0.2) is 6.61 Å². The number of amides is 1. The molecule has 0 aliphatic heterocycles. The van der Waals surface area contributed by atoms with Gasteiger partial charge < -0.3 is 10.1 Å². The number of hydrogen-bond acceptors (Lipinski definition) is 6. The van der Waals surface area contributed by atoms with E-state index < -0.39 is 28.5 Å². The van der Waals surface area contributed by atoms with E-state index in [1.807, 2.05) is 18.2 Å². The summed E-state index contributed by atoms with van der Waals surface area (Å²) in [4.78, 5) is 24.6. The maximum atomic E-state index is 12.6. The van der Waals surface area contributed by atoms with E-state index in [4.69, 9.17) is 21.5 Å². The highest BCUT2D eigenvalue weighted by Crippen LogP contribution is 2.20. The number of nitrogens with zero attached hydrogens (tertiary/aromatic N) is 2. The van der Waals surface area contributed by atoms with Gasteiger partial charge in [-0.2, -0.15) is 5.10 Å². The number of rotatable bonds is 7. The zero-order valence-electron chi connectivity index (χ0n) is 17.3. The van der Waals surface area contributed by atoms with Gasteiger partial charge in [0, 0.05) is 10.7 Å². The summed E-state index contributed by atoms with van der Waals surface area (Å²) < 4.78 is 29.6. The van der Waals surface area contributed by atoms with Crippen LogP contribution in [0.3, 0.4) is 0 Å². The molecule has 2 aromatic carbocycles. The zero-order chi connectivity index (χ0) is 23.5. The molecule has 0 radical (unpaired) electrons. The molecule has 3 aromatic rings. The predicted molar refractivity (Wildman–Crippen MR) is 119 cm³/mol. The number of primary sulfonamides is 1. The van der Waals surface area contributed by atoms with Crippen LogP contribution in [0.1, 0.15) is 27.3 Å². The average Bonchev–Trinajstić information content (AvgIpc) is 3.00. The summed E-state index contributed by atoms with van der Waals surface area (Å²) in [6.07, 6.45) is 0. The number of anilines is 1. The second-order valence-electron chi connectivity index (χ2n) is 6.99. The molecule has 3 N–H and O–H groups in total. The van der Waals surface area contributed by atoms with Gasteiger partial charge in [-0.3, -0.25) is 9.48 Å².